The molecular formula is C16H30O4. The number of carboxylic acid groups (broad SMARTS) is 1. The van der Waals surface area contributed by atoms with Gasteiger partial charge >= 0.3 is 11.9 Å². The van der Waals surface area contributed by atoms with Crippen LogP contribution in [0.3, 0.4) is 0 Å². The smallest absolute Gasteiger partial charge is 0.305 e. The van der Waals surface area contributed by atoms with Crippen molar-refractivity contribution in [3.05, 3.63) is 0 Å². The second-order valence-electron chi connectivity index (χ2n) is 5.23. The van der Waals surface area contributed by atoms with Crippen LogP contribution in [0.25, 0.3) is 0 Å². The zero-order valence-electron chi connectivity index (χ0n) is 12.9. The van der Waals surface area contributed by atoms with Gasteiger partial charge in [0.25, 0.3) is 0 Å². The number of esters is 1. The van der Waals surface area contributed by atoms with Crippen molar-refractivity contribution in [3.63, 3.8) is 0 Å². The van der Waals surface area contributed by atoms with Crippen molar-refractivity contribution in [2.45, 2.75) is 84.0 Å². The van der Waals surface area contributed by atoms with Crippen LogP contribution >= 0.6 is 0 Å². The molecule has 0 bridgehead atoms. The third kappa shape index (κ3) is 15.0. The zero-order valence-corrected chi connectivity index (χ0v) is 12.9. The largest absolute Gasteiger partial charge is 0.481 e. The number of ether oxygens (including phenoxy) is 1. The quantitative estimate of drug-likeness (QED) is 0.381. The summed E-state index contributed by atoms with van der Waals surface area (Å²) in [6, 6.07) is 0. The topological polar surface area (TPSA) is 63.6 Å². The molecule has 0 aromatic heterocycles. The lowest BCUT2D eigenvalue weighted by Gasteiger charge is -2.03. The lowest BCUT2D eigenvalue weighted by molar-refractivity contribution is -0.143. The molecule has 4 heteroatoms. The number of rotatable bonds is 14. The van der Waals surface area contributed by atoms with Crippen LogP contribution in [0.1, 0.15) is 84.0 Å². The minimum absolute atomic E-state index is 0.0751. The molecule has 118 valence electrons. The SMILES string of the molecule is CCOC(=O)CCCCCCCCCCCCC(=O)O. The first-order valence-electron chi connectivity index (χ1n) is 8.04. The fourth-order valence-electron chi connectivity index (χ4n) is 2.19. The summed E-state index contributed by atoms with van der Waals surface area (Å²) in [6.45, 7) is 2.31. The molecule has 1 N–H and O–H groups in total. The summed E-state index contributed by atoms with van der Waals surface area (Å²) < 4.78 is 4.87. The van der Waals surface area contributed by atoms with Crippen molar-refractivity contribution in [1.29, 1.82) is 0 Å². The lowest BCUT2D eigenvalue weighted by Crippen LogP contribution is -2.03. The molecule has 0 amide bonds. The second kappa shape index (κ2) is 14.4. The van der Waals surface area contributed by atoms with E-state index in [0.717, 1.165) is 32.1 Å². The van der Waals surface area contributed by atoms with Crippen molar-refractivity contribution in [2.75, 3.05) is 6.61 Å². The van der Waals surface area contributed by atoms with Crippen molar-refractivity contribution in [3.8, 4) is 0 Å². The van der Waals surface area contributed by atoms with Gasteiger partial charge in [-0.05, 0) is 19.8 Å². The molecule has 0 saturated heterocycles. The highest BCUT2D eigenvalue weighted by atomic mass is 16.5. The van der Waals surface area contributed by atoms with Crippen LogP contribution in [0.15, 0.2) is 0 Å². The third-order valence-corrected chi connectivity index (χ3v) is 3.33. The Labute approximate surface area is 122 Å². The summed E-state index contributed by atoms with van der Waals surface area (Å²) >= 11 is 0. The molecule has 0 atom stereocenters. The Morgan fingerprint density at radius 1 is 0.750 bits per heavy atom. The molecule has 0 aromatic rings. The zero-order chi connectivity index (χ0) is 15.1. The Hall–Kier alpha value is -1.06. The van der Waals surface area contributed by atoms with Crippen LogP contribution in [0.5, 0.6) is 0 Å². The molecule has 0 rings (SSSR count). The van der Waals surface area contributed by atoms with Crippen LogP contribution in [-0.4, -0.2) is 23.7 Å². The minimum atomic E-state index is -0.687. The number of hydrogen-bond donors (Lipinski definition) is 1. The maximum absolute atomic E-state index is 11.1. The second-order valence-corrected chi connectivity index (χ2v) is 5.23. The summed E-state index contributed by atoms with van der Waals surface area (Å²) in [7, 11) is 0. The molecule has 4 nitrogen and oxygen atoms in total. The lowest BCUT2D eigenvalue weighted by atomic mass is 10.1. The maximum Gasteiger partial charge on any atom is 0.305 e. The molecule has 0 aromatic carbocycles. The number of aliphatic carboxylic acids is 1. The molecule has 0 aliphatic heterocycles. The molecular weight excluding hydrogens is 256 g/mol. The molecule has 0 spiro atoms. The Morgan fingerprint density at radius 2 is 1.15 bits per heavy atom. The van der Waals surface area contributed by atoms with Crippen LogP contribution in [0.4, 0.5) is 0 Å². The van der Waals surface area contributed by atoms with Crippen LogP contribution in [0.2, 0.25) is 0 Å². The van der Waals surface area contributed by atoms with Crippen LogP contribution in [0, 0.1) is 0 Å². The van der Waals surface area contributed by atoms with Gasteiger partial charge in [0.05, 0.1) is 6.61 Å². The third-order valence-electron chi connectivity index (χ3n) is 3.33. The maximum atomic E-state index is 11.1. The Morgan fingerprint density at radius 3 is 1.55 bits per heavy atom. The van der Waals surface area contributed by atoms with Crippen LogP contribution in [-0.2, 0) is 14.3 Å². The average molecular weight is 286 g/mol. The van der Waals surface area contributed by atoms with Gasteiger partial charge in [0, 0.05) is 12.8 Å². The summed E-state index contributed by atoms with van der Waals surface area (Å²) in [5.74, 6) is -0.762. The standard InChI is InChI=1S/C16H30O4/c1-2-20-16(19)14-12-10-8-6-4-3-5-7-9-11-13-15(17)18/h2-14H2,1H3,(H,17,18). The van der Waals surface area contributed by atoms with Gasteiger partial charge in [-0.15, -0.1) is 0 Å². The van der Waals surface area contributed by atoms with E-state index in [2.05, 4.69) is 0 Å². The van der Waals surface area contributed by atoms with E-state index in [9.17, 15) is 9.59 Å². The Balaban J connectivity index is 3.06. The van der Waals surface area contributed by atoms with Crippen molar-refractivity contribution in [2.24, 2.45) is 0 Å². The molecule has 0 fully saturated rings. The van der Waals surface area contributed by atoms with Gasteiger partial charge in [0.1, 0.15) is 0 Å². The predicted molar refractivity (Wildman–Crippen MR) is 79.7 cm³/mol. The molecule has 0 saturated carbocycles. The summed E-state index contributed by atoms with van der Waals surface area (Å²) in [5.41, 5.74) is 0. The highest BCUT2D eigenvalue weighted by Crippen LogP contribution is 2.12. The fraction of sp³-hybridized carbons (Fsp3) is 0.875. The Bertz CT molecular complexity index is 251. The van der Waals surface area contributed by atoms with Gasteiger partial charge in [-0.25, -0.2) is 0 Å². The fourth-order valence-corrected chi connectivity index (χ4v) is 2.19. The highest BCUT2D eigenvalue weighted by molar-refractivity contribution is 5.69. The van der Waals surface area contributed by atoms with E-state index in [4.69, 9.17) is 9.84 Å². The predicted octanol–water partition coefficient (Wildman–Crippen LogP) is 4.32. The van der Waals surface area contributed by atoms with E-state index >= 15 is 0 Å². The molecule has 0 unspecified atom stereocenters. The average Bonchev–Trinajstić information content (AvgIpc) is 2.40. The monoisotopic (exact) mass is 286 g/mol. The van der Waals surface area contributed by atoms with E-state index < -0.39 is 5.97 Å². The number of hydrogen-bond acceptors (Lipinski definition) is 3. The number of carboxylic acids is 1. The van der Waals surface area contributed by atoms with Crippen molar-refractivity contribution in [1.82, 2.24) is 0 Å². The van der Waals surface area contributed by atoms with E-state index in [1.807, 2.05) is 6.92 Å². The first-order chi connectivity index (χ1) is 9.66. The van der Waals surface area contributed by atoms with Gasteiger partial charge in [0.2, 0.25) is 0 Å². The van der Waals surface area contributed by atoms with E-state index in [1.165, 1.54) is 32.1 Å². The molecule has 0 heterocycles. The normalized spacial score (nSPS) is 10.4. The first kappa shape index (κ1) is 18.9. The van der Waals surface area contributed by atoms with E-state index in [-0.39, 0.29) is 5.97 Å². The van der Waals surface area contributed by atoms with Crippen molar-refractivity contribution < 1.29 is 19.4 Å². The molecule has 20 heavy (non-hydrogen) atoms. The van der Waals surface area contributed by atoms with Gasteiger partial charge in [-0.3, -0.25) is 9.59 Å². The summed E-state index contributed by atoms with van der Waals surface area (Å²) in [5, 5.41) is 8.49. The minimum Gasteiger partial charge on any atom is -0.481 e. The molecule has 0 aliphatic rings. The van der Waals surface area contributed by atoms with Gasteiger partial charge < -0.3 is 9.84 Å². The number of unbranched alkanes of at least 4 members (excludes halogenated alkanes) is 9. The molecule has 0 aliphatic carbocycles. The summed E-state index contributed by atoms with van der Waals surface area (Å²) in [6.07, 6.45) is 12.0. The molecule has 0 radical (unpaired) electrons. The number of carbonyl (C=O) groups excluding carboxylic acids is 1. The van der Waals surface area contributed by atoms with Crippen LogP contribution < -0.4 is 0 Å². The van der Waals surface area contributed by atoms with Gasteiger partial charge in [-0.1, -0.05) is 51.4 Å². The van der Waals surface area contributed by atoms with E-state index in [0.29, 0.717) is 19.4 Å². The van der Waals surface area contributed by atoms with E-state index in [1.54, 1.807) is 0 Å². The Kier molecular flexibility index (Phi) is 13.6. The van der Waals surface area contributed by atoms with Gasteiger partial charge in [0.15, 0.2) is 0 Å². The van der Waals surface area contributed by atoms with Crippen molar-refractivity contribution >= 4 is 11.9 Å². The highest BCUT2D eigenvalue weighted by Gasteiger charge is 2.00. The van der Waals surface area contributed by atoms with Gasteiger partial charge in [-0.2, -0.15) is 0 Å². The number of carbonyl (C=O) groups is 2. The first-order valence-corrected chi connectivity index (χ1v) is 8.04. The summed E-state index contributed by atoms with van der Waals surface area (Å²) in [4.78, 5) is 21.4.